The summed E-state index contributed by atoms with van der Waals surface area (Å²) in [5.74, 6) is -1.51. The first kappa shape index (κ1) is 20.2. The van der Waals surface area contributed by atoms with Gasteiger partial charge in [-0.25, -0.2) is 9.07 Å². The van der Waals surface area contributed by atoms with Gasteiger partial charge in [0.15, 0.2) is 0 Å². The van der Waals surface area contributed by atoms with Crippen molar-refractivity contribution in [1.29, 1.82) is 0 Å². The fourth-order valence-corrected chi connectivity index (χ4v) is 3.72. The Morgan fingerprint density at radius 3 is 2.77 bits per heavy atom. The summed E-state index contributed by atoms with van der Waals surface area (Å²) in [7, 11) is 0. The quantitative estimate of drug-likeness (QED) is 0.660. The molecule has 2 aromatic carbocycles. The molecule has 0 bridgehead atoms. The molecule has 2 heterocycles. The van der Waals surface area contributed by atoms with Gasteiger partial charge in [0.1, 0.15) is 18.2 Å². The molecule has 8 nitrogen and oxygen atoms in total. The normalized spacial score (nSPS) is 16.0. The van der Waals surface area contributed by atoms with Crippen LogP contribution in [0, 0.1) is 5.82 Å². The molecular weight excluding hydrogens is 434 g/mol. The number of rotatable bonds is 4. The van der Waals surface area contributed by atoms with Crippen LogP contribution in [-0.4, -0.2) is 49.5 Å². The first-order valence-electron chi connectivity index (χ1n) is 9.04. The summed E-state index contributed by atoms with van der Waals surface area (Å²) < 4.78 is 15.6. The molecule has 1 atom stereocenters. The Hall–Kier alpha value is -3.04. The topological polar surface area (TPSA) is 93.0 Å². The molecule has 0 aliphatic carbocycles. The largest absolute Gasteiger partial charge is 0.327 e. The van der Waals surface area contributed by atoms with Crippen molar-refractivity contribution in [3.05, 3.63) is 64.2 Å². The van der Waals surface area contributed by atoms with E-state index >= 15 is 0 Å². The van der Waals surface area contributed by atoms with Crippen LogP contribution in [0.3, 0.4) is 0 Å². The van der Waals surface area contributed by atoms with Crippen molar-refractivity contribution >= 4 is 40.7 Å². The number of anilines is 1. The highest BCUT2D eigenvalue weighted by molar-refractivity contribution is 6.35. The van der Waals surface area contributed by atoms with Crippen molar-refractivity contribution in [3.63, 3.8) is 0 Å². The minimum atomic E-state index is -0.761. The number of nitrogens with zero attached hydrogens (tertiary/aromatic N) is 5. The van der Waals surface area contributed by atoms with E-state index < -0.39 is 23.7 Å². The summed E-state index contributed by atoms with van der Waals surface area (Å²) in [6.45, 7) is 0.382. The smallest absolute Gasteiger partial charge is 0.256 e. The van der Waals surface area contributed by atoms with E-state index in [0.29, 0.717) is 30.1 Å². The molecule has 1 fully saturated rings. The number of likely N-dealkylation sites (tertiary alicyclic amines) is 1. The predicted molar refractivity (Wildman–Crippen MR) is 108 cm³/mol. The van der Waals surface area contributed by atoms with E-state index in [4.69, 9.17) is 23.2 Å². The third-order valence-electron chi connectivity index (χ3n) is 4.80. The molecule has 1 aliphatic heterocycles. The van der Waals surface area contributed by atoms with Gasteiger partial charge in [0, 0.05) is 11.6 Å². The van der Waals surface area contributed by atoms with Crippen LogP contribution < -0.4 is 5.32 Å². The number of carbonyl (C=O) groups excluding carboxylic acids is 2. The Morgan fingerprint density at radius 2 is 2.00 bits per heavy atom. The lowest BCUT2D eigenvalue weighted by molar-refractivity contribution is -0.119. The Kier molecular flexibility index (Phi) is 5.65. The lowest BCUT2D eigenvalue weighted by Crippen LogP contribution is -2.43. The maximum Gasteiger partial charge on any atom is 0.256 e. The summed E-state index contributed by atoms with van der Waals surface area (Å²) in [5, 5.41) is 14.0. The zero-order valence-electron chi connectivity index (χ0n) is 15.4. The van der Waals surface area contributed by atoms with Crippen molar-refractivity contribution in [2.24, 2.45) is 0 Å². The van der Waals surface area contributed by atoms with Crippen LogP contribution in [-0.2, 0) is 4.79 Å². The number of amides is 2. The van der Waals surface area contributed by atoms with Crippen molar-refractivity contribution in [3.8, 4) is 5.69 Å². The molecular formula is C19H15Cl2FN6O2. The minimum Gasteiger partial charge on any atom is -0.327 e. The summed E-state index contributed by atoms with van der Waals surface area (Å²) in [5.41, 5.74) is 0.658. The molecule has 0 spiro atoms. The highest BCUT2D eigenvalue weighted by Gasteiger charge is 2.35. The molecule has 4 rings (SSSR count). The van der Waals surface area contributed by atoms with Gasteiger partial charge in [0.2, 0.25) is 5.91 Å². The van der Waals surface area contributed by atoms with Gasteiger partial charge in [-0.1, -0.05) is 23.2 Å². The maximum absolute atomic E-state index is 14.3. The Morgan fingerprint density at radius 1 is 1.17 bits per heavy atom. The van der Waals surface area contributed by atoms with E-state index in [-0.39, 0.29) is 16.3 Å². The molecule has 0 saturated carbocycles. The van der Waals surface area contributed by atoms with Crippen LogP contribution in [0.1, 0.15) is 23.2 Å². The third kappa shape index (κ3) is 3.99. The molecule has 0 radical (unpaired) electrons. The van der Waals surface area contributed by atoms with Crippen LogP contribution in [0.2, 0.25) is 10.0 Å². The van der Waals surface area contributed by atoms with Crippen molar-refractivity contribution < 1.29 is 14.0 Å². The number of aromatic nitrogens is 4. The fourth-order valence-electron chi connectivity index (χ4n) is 3.35. The molecule has 2 amide bonds. The molecule has 154 valence electrons. The monoisotopic (exact) mass is 448 g/mol. The predicted octanol–water partition coefficient (Wildman–Crippen LogP) is 3.35. The van der Waals surface area contributed by atoms with Crippen molar-refractivity contribution in [2.75, 3.05) is 11.9 Å². The number of carbonyl (C=O) groups is 2. The van der Waals surface area contributed by atoms with Crippen LogP contribution in [0.25, 0.3) is 5.69 Å². The zero-order valence-corrected chi connectivity index (χ0v) is 16.9. The summed E-state index contributed by atoms with van der Waals surface area (Å²) in [6.07, 6.45) is 2.43. The van der Waals surface area contributed by atoms with Crippen LogP contribution >= 0.6 is 23.2 Å². The van der Waals surface area contributed by atoms with Gasteiger partial charge in [-0.2, -0.15) is 0 Å². The van der Waals surface area contributed by atoms with Gasteiger partial charge in [-0.15, -0.1) is 5.10 Å². The summed E-state index contributed by atoms with van der Waals surface area (Å²) in [4.78, 5) is 27.3. The molecule has 1 saturated heterocycles. The van der Waals surface area contributed by atoms with E-state index in [0.717, 1.165) is 0 Å². The average Bonchev–Trinajstić information content (AvgIpc) is 3.43. The van der Waals surface area contributed by atoms with Gasteiger partial charge in [0.05, 0.1) is 22.0 Å². The van der Waals surface area contributed by atoms with E-state index in [9.17, 15) is 14.0 Å². The van der Waals surface area contributed by atoms with Crippen molar-refractivity contribution in [2.45, 2.75) is 18.9 Å². The standard InChI is InChI=1S/C19H15Cl2FN6O2/c20-11-3-5-14(21)13(8-11)19(30)27-7-1-2-17(27)18(29)24-16-9-12(4-6-15(16)22)28-10-23-25-26-28/h3-6,8-10,17H,1-2,7H2,(H,24,29). The van der Waals surface area contributed by atoms with Gasteiger partial charge in [-0.05, 0) is 59.7 Å². The highest BCUT2D eigenvalue weighted by Crippen LogP contribution is 2.27. The van der Waals surface area contributed by atoms with Gasteiger partial charge < -0.3 is 10.2 Å². The van der Waals surface area contributed by atoms with E-state index in [1.807, 2.05) is 0 Å². The number of halogens is 3. The zero-order chi connectivity index (χ0) is 21.3. The Balaban J connectivity index is 1.55. The third-order valence-corrected chi connectivity index (χ3v) is 5.36. The second-order valence-corrected chi connectivity index (χ2v) is 7.53. The number of tetrazole rings is 1. The van der Waals surface area contributed by atoms with E-state index in [1.54, 1.807) is 6.07 Å². The Bertz CT molecular complexity index is 1110. The summed E-state index contributed by atoms with van der Waals surface area (Å²) in [6, 6.07) is 7.91. The Labute approximate surface area is 180 Å². The first-order valence-corrected chi connectivity index (χ1v) is 9.79. The molecule has 1 unspecified atom stereocenters. The molecule has 11 heteroatoms. The second-order valence-electron chi connectivity index (χ2n) is 6.69. The van der Waals surface area contributed by atoms with E-state index in [2.05, 4.69) is 20.8 Å². The second kappa shape index (κ2) is 8.37. The first-order chi connectivity index (χ1) is 14.4. The average molecular weight is 449 g/mol. The number of hydrogen-bond acceptors (Lipinski definition) is 5. The lowest BCUT2D eigenvalue weighted by Gasteiger charge is -2.24. The molecule has 30 heavy (non-hydrogen) atoms. The van der Waals surface area contributed by atoms with Crippen molar-refractivity contribution in [1.82, 2.24) is 25.1 Å². The molecule has 1 aliphatic rings. The lowest BCUT2D eigenvalue weighted by atomic mass is 10.1. The number of nitrogens with one attached hydrogen (secondary N) is 1. The maximum atomic E-state index is 14.3. The number of benzene rings is 2. The van der Waals surface area contributed by atoms with Crippen LogP contribution in [0.5, 0.6) is 0 Å². The van der Waals surface area contributed by atoms with Gasteiger partial charge >= 0.3 is 0 Å². The summed E-state index contributed by atoms with van der Waals surface area (Å²) >= 11 is 12.1. The minimum absolute atomic E-state index is 0.0342. The van der Waals surface area contributed by atoms with E-state index in [1.165, 1.54) is 46.2 Å². The molecule has 1 N–H and O–H groups in total. The molecule has 1 aromatic heterocycles. The fraction of sp³-hybridized carbons (Fsp3) is 0.211. The molecule has 3 aromatic rings. The SMILES string of the molecule is O=C(Nc1cc(-n2cnnn2)ccc1F)C1CCCN1C(=O)c1cc(Cl)ccc1Cl. The van der Waals surface area contributed by atoms with Crippen LogP contribution in [0.4, 0.5) is 10.1 Å². The number of hydrogen-bond donors (Lipinski definition) is 1. The van der Waals surface area contributed by atoms with Gasteiger partial charge in [0.25, 0.3) is 5.91 Å². The van der Waals surface area contributed by atoms with Crippen LogP contribution in [0.15, 0.2) is 42.7 Å². The van der Waals surface area contributed by atoms with Gasteiger partial charge in [-0.3, -0.25) is 9.59 Å². The highest BCUT2D eigenvalue weighted by atomic mass is 35.5.